The molecule has 2 rings (SSSR count). The van der Waals surface area contributed by atoms with Crippen molar-refractivity contribution < 1.29 is 17.2 Å². The molecule has 20 heavy (non-hydrogen) atoms. The summed E-state index contributed by atoms with van der Waals surface area (Å²) in [5.74, 6) is -0.314. The van der Waals surface area contributed by atoms with Crippen molar-refractivity contribution in [3.63, 3.8) is 0 Å². The summed E-state index contributed by atoms with van der Waals surface area (Å²) in [6.07, 6.45) is 1.44. The lowest BCUT2D eigenvalue weighted by atomic mass is 10.2. The van der Waals surface area contributed by atoms with Gasteiger partial charge in [-0.05, 0) is 36.9 Å². The second-order valence-electron chi connectivity index (χ2n) is 4.20. The summed E-state index contributed by atoms with van der Waals surface area (Å²) >= 11 is 0. The van der Waals surface area contributed by atoms with E-state index in [2.05, 4.69) is 10.0 Å². The van der Waals surface area contributed by atoms with Crippen LogP contribution in [0.15, 0.2) is 45.9 Å². The first-order chi connectivity index (χ1) is 9.53. The fourth-order valence-corrected chi connectivity index (χ4v) is 2.78. The third-order valence-electron chi connectivity index (χ3n) is 2.68. The van der Waals surface area contributed by atoms with Gasteiger partial charge < -0.3 is 9.73 Å². The Hall–Kier alpha value is -1.70. The fraction of sp³-hybridized carbons (Fsp3) is 0.231. The quantitative estimate of drug-likeness (QED) is 0.850. The van der Waals surface area contributed by atoms with Crippen molar-refractivity contribution in [2.24, 2.45) is 0 Å². The first kappa shape index (κ1) is 14.7. The zero-order chi connectivity index (χ0) is 14.6. The lowest BCUT2D eigenvalue weighted by Gasteiger charge is -2.08. The Morgan fingerprint density at radius 1 is 1.25 bits per heavy atom. The molecule has 0 fully saturated rings. The molecule has 0 unspecified atom stereocenters. The fourth-order valence-electron chi connectivity index (χ4n) is 1.73. The maximum Gasteiger partial charge on any atom is 0.243 e. The van der Waals surface area contributed by atoms with E-state index in [1.807, 2.05) is 0 Å². The van der Waals surface area contributed by atoms with Crippen LogP contribution < -0.4 is 10.0 Å². The largest absolute Gasteiger partial charge is 0.468 e. The standard InChI is InChI=1S/C13H15FN2O3S/c1-15-8-10-4-5-13(12(14)7-10)20(17,18)16-9-11-3-2-6-19-11/h2-7,15-16H,8-9H2,1H3. The minimum absolute atomic E-state index is 0.0208. The van der Waals surface area contributed by atoms with Gasteiger partial charge in [-0.25, -0.2) is 17.5 Å². The van der Waals surface area contributed by atoms with E-state index >= 15 is 0 Å². The van der Waals surface area contributed by atoms with E-state index in [-0.39, 0.29) is 11.4 Å². The van der Waals surface area contributed by atoms with Gasteiger partial charge in [-0.3, -0.25) is 0 Å². The van der Waals surface area contributed by atoms with Gasteiger partial charge in [0.25, 0.3) is 0 Å². The van der Waals surface area contributed by atoms with Crippen molar-refractivity contribution in [1.29, 1.82) is 0 Å². The van der Waals surface area contributed by atoms with Crippen LogP contribution in [0.3, 0.4) is 0 Å². The van der Waals surface area contributed by atoms with E-state index in [1.165, 1.54) is 18.4 Å². The Bertz CT molecular complexity index is 669. The van der Waals surface area contributed by atoms with Gasteiger partial charge >= 0.3 is 0 Å². The number of halogens is 1. The summed E-state index contributed by atoms with van der Waals surface area (Å²) in [5, 5.41) is 2.87. The molecule has 0 spiro atoms. The van der Waals surface area contributed by atoms with Crippen LogP contribution >= 0.6 is 0 Å². The molecule has 0 aliphatic heterocycles. The van der Waals surface area contributed by atoms with Gasteiger partial charge in [-0.15, -0.1) is 0 Å². The van der Waals surface area contributed by atoms with Crippen molar-refractivity contribution in [3.8, 4) is 0 Å². The van der Waals surface area contributed by atoms with Crippen molar-refractivity contribution in [2.75, 3.05) is 7.05 Å². The smallest absolute Gasteiger partial charge is 0.243 e. The molecule has 7 heteroatoms. The predicted octanol–water partition coefficient (Wildman–Crippen LogP) is 1.62. The van der Waals surface area contributed by atoms with E-state index in [9.17, 15) is 12.8 Å². The number of benzene rings is 1. The Kier molecular flexibility index (Phi) is 4.53. The molecule has 108 valence electrons. The highest BCUT2D eigenvalue weighted by Crippen LogP contribution is 2.16. The van der Waals surface area contributed by atoms with Crippen LogP contribution in [0.5, 0.6) is 0 Å². The van der Waals surface area contributed by atoms with Crippen LogP contribution in [0.1, 0.15) is 11.3 Å². The molecule has 0 amide bonds. The van der Waals surface area contributed by atoms with Gasteiger partial charge in [0, 0.05) is 6.54 Å². The van der Waals surface area contributed by atoms with E-state index < -0.39 is 15.8 Å². The summed E-state index contributed by atoms with van der Waals surface area (Å²) in [6, 6.07) is 7.32. The Balaban J connectivity index is 2.16. The van der Waals surface area contributed by atoms with Crippen molar-refractivity contribution in [2.45, 2.75) is 18.0 Å². The van der Waals surface area contributed by atoms with E-state index in [0.29, 0.717) is 17.9 Å². The van der Waals surface area contributed by atoms with Crippen LogP contribution in [-0.4, -0.2) is 15.5 Å². The number of rotatable bonds is 6. The van der Waals surface area contributed by atoms with Crippen molar-refractivity contribution >= 4 is 10.0 Å². The molecule has 2 aromatic rings. The second kappa shape index (κ2) is 6.17. The molecule has 5 nitrogen and oxygen atoms in total. The maximum absolute atomic E-state index is 13.9. The molecule has 0 saturated carbocycles. The summed E-state index contributed by atoms with van der Waals surface area (Å²) in [6.45, 7) is 0.449. The molecule has 0 bridgehead atoms. The Morgan fingerprint density at radius 3 is 2.65 bits per heavy atom. The molecular weight excluding hydrogens is 283 g/mol. The molecular formula is C13H15FN2O3S. The molecule has 2 N–H and O–H groups in total. The zero-order valence-electron chi connectivity index (χ0n) is 10.9. The zero-order valence-corrected chi connectivity index (χ0v) is 11.7. The number of furan rings is 1. The van der Waals surface area contributed by atoms with Gasteiger partial charge in [0.05, 0.1) is 12.8 Å². The number of hydrogen-bond donors (Lipinski definition) is 2. The van der Waals surface area contributed by atoms with Gasteiger partial charge in [-0.1, -0.05) is 6.07 Å². The van der Waals surface area contributed by atoms with Gasteiger partial charge in [-0.2, -0.15) is 0 Å². The highest BCUT2D eigenvalue weighted by molar-refractivity contribution is 7.89. The molecule has 0 atom stereocenters. The summed E-state index contributed by atoms with van der Waals surface area (Å²) < 4.78 is 45.2. The molecule has 1 aromatic heterocycles. The van der Waals surface area contributed by atoms with Crippen LogP contribution in [0.4, 0.5) is 4.39 Å². The van der Waals surface area contributed by atoms with Gasteiger partial charge in [0.15, 0.2) is 0 Å². The highest BCUT2D eigenvalue weighted by atomic mass is 32.2. The minimum atomic E-state index is -3.90. The molecule has 0 radical (unpaired) electrons. The van der Waals surface area contributed by atoms with Crippen LogP contribution in [0.25, 0.3) is 0 Å². The summed E-state index contributed by atoms with van der Waals surface area (Å²) in [5.41, 5.74) is 0.676. The van der Waals surface area contributed by atoms with E-state index in [0.717, 1.165) is 0 Å². The lowest BCUT2D eigenvalue weighted by molar-refractivity contribution is 0.496. The number of sulfonamides is 1. The summed E-state index contributed by atoms with van der Waals surface area (Å²) in [7, 11) is -2.17. The number of nitrogens with one attached hydrogen (secondary N) is 2. The average Bonchev–Trinajstić information content (AvgIpc) is 2.90. The van der Waals surface area contributed by atoms with Crippen LogP contribution in [-0.2, 0) is 23.1 Å². The van der Waals surface area contributed by atoms with E-state index in [1.54, 1.807) is 25.2 Å². The second-order valence-corrected chi connectivity index (χ2v) is 5.93. The molecule has 0 aliphatic carbocycles. The minimum Gasteiger partial charge on any atom is -0.468 e. The maximum atomic E-state index is 13.9. The molecule has 1 aromatic carbocycles. The predicted molar refractivity (Wildman–Crippen MR) is 71.9 cm³/mol. The van der Waals surface area contributed by atoms with Crippen molar-refractivity contribution in [1.82, 2.24) is 10.0 Å². The third-order valence-corrected chi connectivity index (χ3v) is 4.12. The SMILES string of the molecule is CNCc1ccc(S(=O)(=O)NCc2ccco2)c(F)c1. The Labute approximate surface area is 116 Å². The van der Waals surface area contributed by atoms with Crippen LogP contribution in [0.2, 0.25) is 0 Å². The van der Waals surface area contributed by atoms with E-state index in [4.69, 9.17) is 4.42 Å². The van der Waals surface area contributed by atoms with Crippen LogP contribution in [0, 0.1) is 5.82 Å². The molecule has 1 heterocycles. The highest BCUT2D eigenvalue weighted by Gasteiger charge is 2.19. The van der Waals surface area contributed by atoms with Crippen molar-refractivity contribution in [3.05, 3.63) is 53.7 Å². The molecule has 0 aliphatic rings. The monoisotopic (exact) mass is 298 g/mol. The third kappa shape index (κ3) is 3.44. The first-order valence-electron chi connectivity index (χ1n) is 5.98. The molecule has 0 saturated heterocycles. The Morgan fingerprint density at radius 2 is 2.05 bits per heavy atom. The first-order valence-corrected chi connectivity index (χ1v) is 7.46. The van der Waals surface area contributed by atoms with Gasteiger partial charge in [0.1, 0.15) is 16.5 Å². The lowest BCUT2D eigenvalue weighted by Crippen LogP contribution is -2.24. The topological polar surface area (TPSA) is 71.3 Å². The normalized spacial score (nSPS) is 11.7. The van der Waals surface area contributed by atoms with Gasteiger partial charge in [0.2, 0.25) is 10.0 Å². The number of hydrogen-bond acceptors (Lipinski definition) is 4. The average molecular weight is 298 g/mol. The summed E-state index contributed by atoms with van der Waals surface area (Å²) in [4.78, 5) is -0.371.